The van der Waals surface area contributed by atoms with Crippen molar-refractivity contribution in [3.8, 4) is 0 Å². The molecule has 2 aliphatic heterocycles. The van der Waals surface area contributed by atoms with Crippen LogP contribution in [0.5, 0.6) is 0 Å². The molecule has 3 rings (SSSR count). The molecule has 1 N–H and O–H groups in total. The molecule has 2 unspecified atom stereocenters. The van der Waals surface area contributed by atoms with Crippen molar-refractivity contribution in [2.45, 2.75) is 37.0 Å². The maximum atomic E-state index is 11.6. The van der Waals surface area contributed by atoms with E-state index in [9.17, 15) is 8.42 Å². The minimum atomic E-state index is -2.92. The van der Waals surface area contributed by atoms with Gasteiger partial charge in [0.1, 0.15) is 0 Å². The molecule has 0 saturated carbocycles. The van der Waals surface area contributed by atoms with Gasteiger partial charge in [0.05, 0.1) is 16.8 Å². The van der Waals surface area contributed by atoms with Gasteiger partial charge in [-0.2, -0.15) is 16.7 Å². The number of hydrogen-bond acceptors (Lipinski definition) is 7. The van der Waals surface area contributed by atoms with Crippen LogP contribution in [-0.2, 0) is 16.3 Å². The Hall–Kier alpha value is -0.600. The molecule has 1 aromatic heterocycles. The highest BCUT2D eigenvalue weighted by molar-refractivity contribution is 7.99. The topological polar surface area (TPSA) is 85.1 Å². The number of thioether (sulfide) groups is 1. The molecule has 1 aromatic rings. The Kier molecular flexibility index (Phi) is 4.32. The maximum absolute atomic E-state index is 11.6. The molecule has 0 bridgehead atoms. The molecule has 0 spiro atoms. The van der Waals surface area contributed by atoms with Crippen molar-refractivity contribution in [3.63, 3.8) is 0 Å². The minimum absolute atomic E-state index is 0.110. The van der Waals surface area contributed by atoms with Gasteiger partial charge in [0.15, 0.2) is 15.7 Å². The van der Waals surface area contributed by atoms with Crippen LogP contribution >= 0.6 is 11.8 Å². The van der Waals surface area contributed by atoms with Crippen molar-refractivity contribution in [2.75, 3.05) is 23.8 Å². The molecule has 8 heteroatoms. The predicted molar refractivity (Wildman–Crippen MR) is 77.5 cm³/mol. The SMILES string of the molecule is O=S1(=O)CCNC(Cc2nc(C3CCCCS3)no2)C1. The summed E-state index contributed by atoms with van der Waals surface area (Å²) in [5.74, 6) is 2.83. The normalized spacial score (nSPS) is 30.2. The number of hydrogen-bond donors (Lipinski definition) is 1. The van der Waals surface area contributed by atoms with Gasteiger partial charge >= 0.3 is 0 Å². The number of rotatable bonds is 3. The highest BCUT2D eigenvalue weighted by atomic mass is 32.2. The van der Waals surface area contributed by atoms with Crippen LogP contribution in [0.15, 0.2) is 4.52 Å². The van der Waals surface area contributed by atoms with Gasteiger partial charge in [-0.05, 0) is 18.6 Å². The number of sulfone groups is 1. The van der Waals surface area contributed by atoms with Crippen LogP contribution in [0.3, 0.4) is 0 Å². The smallest absolute Gasteiger partial charge is 0.228 e. The van der Waals surface area contributed by atoms with Crippen LogP contribution in [-0.4, -0.2) is 48.4 Å². The first kappa shape index (κ1) is 14.3. The van der Waals surface area contributed by atoms with Crippen LogP contribution < -0.4 is 5.32 Å². The van der Waals surface area contributed by atoms with Crippen molar-refractivity contribution in [1.29, 1.82) is 0 Å². The van der Waals surface area contributed by atoms with Gasteiger partial charge in [-0.3, -0.25) is 0 Å². The van der Waals surface area contributed by atoms with Crippen molar-refractivity contribution >= 4 is 21.6 Å². The van der Waals surface area contributed by atoms with Gasteiger partial charge < -0.3 is 9.84 Å². The Morgan fingerprint density at radius 1 is 1.40 bits per heavy atom. The van der Waals surface area contributed by atoms with E-state index in [1.54, 1.807) is 0 Å². The molecule has 6 nitrogen and oxygen atoms in total. The summed E-state index contributed by atoms with van der Waals surface area (Å²) in [6.45, 7) is 0.506. The maximum Gasteiger partial charge on any atom is 0.228 e. The van der Waals surface area contributed by atoms with Crippen LogP contribution in [0.25, 0.3) is 0 Å². The van der Waals surface area contributed by atoms with E-state index in [1.807, 2.05) is 11.8 Å². The summed E-state index contributed by atoms with van der Waals surface area (Å²) in [5, 5.41) is 7.59. The van der Waals surface area contributed by atoms with E-state index in [0.717, 1.165) is 18.0 Å². The van der Waals surface area contributed by atoms with Gasteiger partial charge in [0.25, 0.3) is 0 Å². The average molecular weight is 317 g/mol. The summed E-state index contributed by atoms with van der Waals surface area (Å²) in [7, 11) is -2.92. The first-order valence-corrected chi connectivity index (χ1v) is 9.87. The van der Waals surface area contributed by atoms with Crippen LogP contribution in [0.2, 0.25) is 0 Å². The molecule has 0 aromatic carbocycles. The monoisotopic (exact) mass is 317 g/mol. The van der Waals surface area contributed by atoms with E-state index in [-0.39, 0.29) is 17.5 Å². The molecule has 2 aliphatic rings. The summed E-state index contributed by atoms with van der Waals surface area (Å²) >= 11 is 1.88. The van der Waals surface area contributed by atoms with Crippen molar-refractivity contribution in [3.05, 3.63) is 11.7 Å². The third-order valence-corrected chi connectivity index (χ3v) is 6.78. The number of nitrogens with one attached hydrogen (secondary N) is 1. The first-order chi connectivity index (χ1) is 9.62. The number of aromatic nitrogens is 2. The standard InChI is InChI=1S/C12H19N3O3S2/c16-20(17)6-4-13-9(8-20)7-11-14-12(15-18-11)10-3-1-2-5-19-10/h9-10,13H,1-8H2. The lowest BCUT2D eigenvalue weighted by atomic mass is 10.2. The molecule has 112 valence electrons. The fourth-order valence-electron chi connectivity index (χ4n) is 2.64. The van der Waals surface area contributed by atoms with E-state index in [2.05, 4.69) is 15.5 Å². The molecule has 2 fully saturated rings. The van der Waals surface area contributed by atoms with E-state index in [1.165, 1.54) is 12.8 Å². The summed E-state index contributed by atoms with van der Waals surface area (Å²) in [5.41, 5.74) is 0. The minimum Gasteiger partial charge on any atom is -0.339 e. The van der Waals surface area contributed by atoms with Gasteiger partial charge in [0.2, 0.25) is 5.89 Å². The predicted octanol–water partition coefficient (Wildman–Crippen LogP) is 0.957. The molecule has 2 saturated heterocycles. The zero-order chi connectivity index (χ0) is 14.0. The Morgan fingerprint density at radius 3 is 3.05 bits per heavy atom. The lowest BCUT2D eigenvalue weighted by Gasteiger charge is -2.22. The zero-order valence-electron chi connectivity index (χ0n) is 11.2. The van der Waals surface area contributed by atoms with E-state index in [4.69, 9.17) is 4.52 Å². The Balaban J connectivity index is 1.62. The quantitative estimate of drug-likeness (QED) is 0.888. The highest BCUT2D eigenvalue weighted by Crippen LogP contribution is 2.36. The molecule has 0 amide bonds. The first-order valence-electron chi connectivity index (χ1n) is 7.00. The molecule has 0 aliphatic carbocycles. The van der Waals surface area contributed by atoms with Gasteiger partial charge in [0, 0.05) is 19.0 Å². The second-order valence-electron chi connectivity index (χ2n) is 5.37. The fourth-order valence-corrected chi connectivity index (χ4v) is 5.31. The van der Waals surface area contributed by atoms with E-state index >= 15 is 0 Å². The summed E-state index contributed by atoms with van der Waals surface area (Å²) in [4.78, 5) is 4.44. The second kappa shape index (κ2) is 6.03. The molecule has 3 heterocycles. The molecular weight excluding hydrogens is 298 g/mol. The fraction of sp³-hybridized carbons (Fsp3) is 0.833. The number of nitrogens with zero attached hydrogens (tertiary/aromatic N) is 2. The Morgan fingerprint density at radius 2 is 2.30 bits per heavy atom. The largest absolute Gasteiger partial charge is 0.339 e. The van der Waals surface area contributed by atoms with Crippen LogP contribution in [0.4, 0.5) is 0 Å². The Bertz CT molecular complexity index is 552. The molecule has 20 heavy (non-hydrogen) atoms. The van der Waals surface area contributed by atoms with Crippen molar-refractivity contribution in [2.24, 2.45) is 0 Å². The van der Waals surface area contributed by atoms with Gasteiger partial charge in [-0.25, -0.2) is 8.42 Å². The molecule has 0 radical (unpaired) electrons. The lowest BCUT2D eigenvalue weighted by Crippen LogP contribution is -2.46. The molecule has 2 atom stereocenters. The van der Waals surface area contributed by atoms with E-state index < -0.39 is 9.84 Å². The van der Waals surface area contributed by atoms with Gasteiger partial charge in [-0.1, -0.05) is 11.6 Å². The second-order valence-corrected chi connectivity index (χ2v) is 8.91. The third-order valence-electron chi connectivity index (χ3n) is 3.67. The van der Waals surface area contributed by atoms with Gasteiger partial charge in [-0.15, -0.1) is 0 Å². The average Bonchev–Trinajstić information content (AvgIpc) is 2.87. The summed E-state index contributed by atoms with van der Waals surface area (Å²) < 4.78 is 28.5. The molecular formula is C12H19N3O3S2. The summed E-state index contributed by atoms with van der Waals surface area (Å²) in [6.07, 6.45) is 4.06. The van der Waals surface area contributed by atoms with Crippen LogP contribution in [0, 0.1) is 0 Å². The van der Waals surface area contributed by atoms with E-state index in [0.29, 0.717) is 24.1 Å². The zero-order valence-corrected chi connectivity index (χ0v) is 12.9. The van der Waals surface area contributed by atoms with Crippen LogP contribution in [0.1, 0.15) is 36.2 Å². The summed E-state index contributed by atoms with van der Waals surface area (Å²) in [6, 6.07) is -0.110. The lowest BCUT2D eigenvalue weighted by molar-refractivity contribution is 0.356. The Labute approximate surface area is 123 Å². The van der Waals surface area contributed by atoms with Crippen molar-refractivity contribution < 1.29 is 12.9 Å². The third kappa shape index (κ3) is 3.53. The highest BCUT2D eigenvalue weighted by Gasteiger charge is 2.27. The van der Waals surface area contributed by atoms with Crippen molar-refractivity contribution in [1.82, 2.24) is 15.5 Å².